The Morgan fingerprint density at radius 3 is 2.58 bits per heavy atom. The highest BCUT2D eigenvalue weighted by Crippen LogP contribution is 2.26. The summed E-state index contributed by atoms with van der Waals surface area (Å²) >= 11 is 0. The first kappa shape index (κ1) is 25.8. The van der Waals surface area contributed by atoms with E-state index in [-0.39, 0.29) is 42.2 Å². The van der Waals surface area contributed by atoms with E-state index in [1.807, 2.05) is 33.8 Å². The second-order valence-corrected chi connectivity index (χ2v) is 9.21. The zero-order valence-electron chi connectivity index (χ0n) is 19.4. The summed E-state index contributed by atoms with van der Waals surface area (Å²) in [5.41, 5.74) is -0.491. The zero-order valence-corrected chi connectivity index (χ0v) is 21.8. The Morgan fingerprint density at radius 2 is 2.00 bits per heavy atom. The predicted molar refractivity (Wildman–Crippen MR) is 133 cm³/mol. The third kappa shape index (κ3) is 7.55. The summed E-state index contributed by atoms with van der Waals surface area (Å²) in [7, 11) is 1.80. The van der Waals surface area contributed by atoms with E-state index in [0.29, 0.717) is 6.54 Å². The zero-order chi connectivity index (χ0) is 21.7. The first-order chi connectivity index (χ1) is 14.2. The molecule has 2 fully saturated rings. The van der Waals surface area contributed by atoms with Crippen molar-refractivity contribution in [3.05, 3.63) is 23.7 Å². The smallest absolute Gasteiger partial charge is 0.407 e. The fourth-order valence-corrected chi connectivity index (χ4v) is 4.16. The van der Waals surface area contributed by atoms with Gasteiger partial charge in [0.05, 0.1) is 12.1 Å². The molecule has 2 saturated heterocycles. The molecule has 2 unspecified atom stereocenters. The van der Waals surface area contributed by atoms with Crippen LogP contribution in [0.4, 0.5) is 4.79 Å². The van der Waals surface area contributed by atoms with E-state index in [0.717, 1.165) is 50.1 Å². The SMILES string of the molecule is CN=C(NCC(c1ccc(C)o1)N1CCCC1)N1CCC(NC(=O)OC(C)(C)C)C1.I. The van der Waals surface area contributed by atoms with Crippen molar-refractivity contribution >= 4 is 36.0 Å². The number of alkyl carbamates (subject to hydrolysis) is 1. The minimum Gasteiger partial charge on any atom is -0.465 e. The van der Waals surface area contributed by atoms with Gasteiger partial charge in [-0.05, 0) is 72.2 Å². The molecule has 8 nitrogen and oxygen atoms in total. The average Bonchev–Trinajstić information content (AvgIpc) is 3.40. The molecule has 1 aromatic heterocycles. The third-order valence-corrected chi connectivity index (χ3v) is 5.54. The van der Waals surface area contributed by atoms with E-state index in [4.69, 9.17) is 9.15 Å². The lowest BCUT2D eigenvalue weighted by Gasteiger charge is -2.29. The van der Waals surface area contributed by atoms with Crippen LogP contribution in [0.25, 0.3) is 0 Å². The lowest BCUT2D eigenvalue weighted by Crippen LogP contribution is -2.46. The van der Waals surface area contributed by atoms with Crippen molar-refractivity contribution < 1.29 is 13.9 Å². The van der Waals surface area contributed by atoms with Crippen molar-refractivity contribution in [1.82, 2.24) is 20.4 Å². The van der Waals surface area contributed by atoms with Crippen LogP contribution in [0.3, 0.4) is 0 Å². The van der Waals surface area contributed by atoms with E-state index in [9.17, 15) is 4.79 Å². The van der Waals surface area contributed by atoms with Crippen molar-refractivity contribution in [3.63, 3.8) is 0 Å². The standard InChI is InChI=1S/C22H37N5O3.HI/c1-16-8-9-19(29-16)18(26-11-6-7-12-26)14-24-20(23-5)27-13-10-17(15-27)25-21(28)30-22(2,3)4;/h8-9,17-18H,6-7,10-15H2,1-5H3,(H,23,24)(H,25,28);1H. The van der Waals surface area contributed by atoms with Gasteiger partial charge in [-0.25, -0.2) is 4.79 Å². The number of aryl methyl sites for hydroxylation is 1. The number of carbonyl (C=O) groups is 1. The number of nitrogens with one attached hydrogen (secondary N) is 2. The van der Waals surface area contributed by atoms with Gasteiger partial charge in [-0.15, -0.1) is 24.0 Å². The van der Waals surface area contributed by atoms with Gasteiger partial charge in [-0.1, -0.05) is 0 Å². The molecule has 0 aromatic carbocycles. The maximum Gasteiger partial charge on any atom is 0.407 e. The highest BCUT2D eigenvalue weighted by molar-refractivity contribution is 14.0. The molecule has 3 heterocycles. The van der Waals surface area contributed by atoms with Crippen LogP contribution in [-0.4, -0.2) is 73.3 Å². The lowest BCUT2D eigenvalue weighted by atomic mass is 10.2. The van der Waals surface area contributed by atoms with E-state index >= 15 is 0 Å². The molecule has 9 heteroatoms. The molecule has 31 heavy (non-hydrogen) atoms. The maximum atomic E-state index is 12.1. The van der Waals surface area contributed by atoms with Gasteiger partial charge in [0.15, 0.2) is 5.96 Å². The second kappa shape index (κ2) is 11.4. The molecule has 1 amide bonds. The number of carbonyl (C=O) groups excluding carboxylic acids is 1. The Kier molecular flexibility index (Phi) is 9.47. The summed E-state index contributed by atoms with van der Waals surface area (Å²) in [6, 6.07) is 4.36. The molecule has 1 aromatic rings. The fourth-order valence-electron chi connectivity index (χ4n) is 4.16. The Hall–Kier alpha value is -1.49. The van der Waals surface area contributed by atoms with Gasteiger partial charge < -0.3 is 24.7 Å². The van der Waals surface area contributed by atoms with Crippen LogP contribution in [0.5, 0.6) is 0 Å². The van der Waals surface area contributed by atoms with Crippen molar-refractivity contribution in [1.29, 1.82) is 0 Å². The Labute approximate surface area is 203 Å². The van der Waals surface area contributed by atoms with Crippen molar-refractivity contribution in [2.45, 2.75) is 64.6 Å². The van der Waals surface area contributed by atoms with Gasteiger partial charge in [0.2, 0.25) is 0 Å². The normalized spacial score (nSPS) is 21.0. The number of hydrogen-bond donors (Lipinski definition) is 2. The van der Waals surface area contributed by atoms with Crippen LogP contribution in [0.2, 0.25) is 0 Å². The Bertz CT molecular complexity index is 740. The fraction of sp³-hybridized carbons (Fsp3) is 0.727. The number of aliphatic imine (C=N–C) groups is 1. The molecule has 3 rings (SSSR count). The number of rotatable bonds is 5. The molecule has 2 atom stereocenters. The molecule has 176 valence electrons. The van der Waals surface area contributed by atoms with E-state index in [2.05, 4.69) is 31.5 Å². The molecule has 0 spiro atoms. The molecule has 2 aliphatic heterocycles. The van der Waals surface area contributed by atoms with Crippen molar-refractivity contribution in [2.24, 2.45) is 4.99 Å². The van der Waals surface area contributed by atoms with Gasteiger partial charge in [-0.2, -0.15) is 0 Å². The molecule has 2 aliphatic rings. The highest BCUT2D eigenvalue weighted by atomic mass is 127. The van der Waals surface area contributed by atoms with Crippen LogP contribution in [0.15, 0.2) is 21.5 Å². The molecule has 0 aliphatic carbocycles. The molecular weight excluding hydrogens is 509 g/mol. The topological polar surface area (TPSA) is 82.3 Å². The lowest BCUT2D eigenvalue weighted by molar-refractivity contribution is 0.0507. The minimum absolute atomic E-state index is 0. The number of guanidine groups is 1. The minimum atomic E-state index is -0.491. The van der Waals surface area contributed by atoms with Gasteiger partial charge in [0.1, 0.15) is 17.1 Å². The van der Waals surface area contributed by atoms with Crippen molar-refractivity contribution in [2.75, 3.05) is 39.8 Å². The van der Waals surface area contributed by atoms with Gasteiger partial charge in [0, 0.05) is 26.7 Å². The number of hydrogen-bond acceptors (Lipinski definition) is 5. The molecule has 0 saturated carbocycles. The van der Waals surface area contributed by atoms with Gasteiger partial charge in [-0.3, -0.25) is 9.89 Å². The summed E-state index contributed by atoms with van der Waals surface area (Å²) in [5.74, 6) is 2.80. The first-order valence-corrected chi connectivity index (χ1v) is 11.0. The van der Waals surface area contributed by atoms with Crippen LogP contribution in [0.1, 0.15) is 57.6 Å². The molecule has 2 N–H and O–H groups in total. The first-order valence-electron chi connectivity index (χ1n) is 11.0. The van der Waals surface area contributed by atoms with Crippen LogP contribution >= 0.6 is 24.0 Å². The number of likely N-dealkylation sites (tertiary alicyclic amines) is 2. The Morgan fingerprint density at radius 1 is 1.29 bits per heavy atom. The van der Waals surface area contributed by atoms with E-state index < -0.39 is 5.60 Å². The highest BCUT2D eigenvalue weighted by Gasteiger charge is 2.30. The van der Waals surface area contributed by atoms with Gasteiger partial charge in [0.25, 0.3) is 0 Å². The molecule has 0 radical (unpaired) electrons. The summed E-state index contributed by atoms with van der Waals surface area (Å²) in [6.07, 6.45) is 2.97. The van der Waals surface area contributed by atoms with E-state index in [1.54, 1.807) is 7.05 Å². The van der Waals surface area contributed by atoms with Crippen LogP contribution in [-0.2, 0) is 4.74 Å². The summed E-state index contributed by atoms with van der Waals surface area (Å²) in [5, 5.41) is 6.51. The largest absolute Gasteiger partial charge is 0.465 e. The van der Waals surface area contributed by atoms with Crippen LogP contribution in [0, 0.1) is 6.92 Å². The van der Waals surface area contributed by atoms with Gasteiger partial charge >= 0.3 is 6.09 Å². The number of nitrogens with zero attached hydrogens (tertiary/aromatic N) is 3. The number of halogens is 1. The number of furan rings is 1. The quantitative estimate of drug-likeness (QED) is 0.334. The second-order valence-electron chi connectivity index (χ2n) is 9.21. The summed E-state index contributed by atoms with van der Waals surface area (Å²) < 4.78 is 11.3. The maximum absolute atomic E-state index is 12.1. The Balaban J connectivity index is 0.00000341. The average molecular weight is 547 g/mol. The number of ether oxygens (including phenoxy) is 1. The summed E-state index contributed by atoms with van der Waals surface area (Å²) in [4.78, 5) is 21.2. The monoisotopic (exact) mass is 547 g/mol. The van der Waals surface area contributed by atoms with Crippen LogP contribution < -0.4 is 10.6 Å². The molecule has 0 bridgehead atoms. The molecular formula is C22H38IN5O3. The number of amides is 1. The van der Waals surface area contributed by atoms with E-state index in [1.165, 1.54) is 12.8 Å². The summed E-state index contributed by atoms with van der Waals surface area (Å²) in [6.45, 7) is 12.1. The predicted octanol–water partition coefficient (Wildman–Crippen LogP) is 3.52. The third-order valence-electron chi connectivity index (χ3n) is 5.54. The van der Waals surface area contributed by atoms with Crippen molar-refractivity contribution in [3.8, 4) is 0 Å².